The Morgan fingerprint density at radius 1 is 1.24 bits per heavy atom. The zero-order valence-corrected chi connectivity index (χ0v) is 8.88. The highest BCUT2D eigenvalue weighted by atomic mass is 14.9. The molecule has 0 spiro atoms. The van der Waals surface area contributed by atoms with Gasteiger partial charge in [0.15, 0.2) is 0 Å². The Labute approximate surface area is 97.2 Å². The van der Waals surface area contributed by atoms with E-state index < -0.39 is 0 Å². The smallest absolute Gasteiger partial charge is 0.129 e. The Hall–Kier alpha value is -2.61. The van der Waals surface area contributed by atoms with Gasteiger partial charge >= 0.3 is 0 Å². The summed E-state index contributed by atoms with van der Waals surface area (Å²) in [5.74, 6) is 0.282. The van der Waals surface area contributed by atoms with Crippen molar-refractivity contribution in [2.45, 2.75) is 5.92 Å². The van der Waals surface area contributed by atoms with Crippen LogP contribution in [-0.4, -0.2) is 19.9 Å². The van der Waals surface area contributed by atoms with Crippen LogP contribution in [-0.2, 0) is 0 Å². The van der Waals surface area contributed by atoms with Crippen LogP contribution in [0.5, 0.6) is 0 Å². The van der Waals surface area contributed by atoms with Crippen molar-refractivity contribution in [1.29, 1.82) is 5.26 Å². The first-order valence-electron chi connectivity index (χ1n) is 5.20. The molecule has 2 N–H and O–H groups in total. The first-order chi connectivity index (χ1) is 8.38. The molecule has 17 heavy (non-hydrogen) atoms. The second-order valence-corrected chi connectivity index (χ2v) is 3.72. The molecule has 1 unspecified atom stereocenters. The normalized spacial score (nSPS) is 12.4. The largest absolute Gasteiger partial charge is 0.347 e. The monoisotopic (exact) mass is 223 g/mol. The van der Waals surface area contributed by atoms with Gasteiger partial charge in [-0.2, -0.15) is 5.26 Å². The van der Waals surface area contributed by atoms with Crippen LogP contribution >= 0.6 is 0 Å². The van der Waals surface area contributed by atoms with Gasteiger partial charge in [0.05, 0.1) is 23.4 Å². The zero-order chi connectivity index (χ0) is 11.7. The number of rotatable bonds is 2. The number of imidazole rings is 2. The molecular weight excluding hydrogens is 214 g/mol. The maximum atomic E-state index is 9.24. The van der Waals surface area contributed by atoms with Crippen LogP contribution < -0.4 is 0 Å². The number of nitriles is 1. The molecule has 0 amide bonds. The highest BCUT2D eigenvalue weighted by molar-refractivity contribution is 5.75. The predicted octanol–water partition coefficient (Wildman–Crippen LogP) is 1.94. The van der Waals surface area contributed by atoms with E-state index in [2.05, 4.69) is 26.0 Å². The fourth-order valence-electron chi connectivity index (χ4n) is 1.86. The Kier molecular flexibility index (Phi) is 2.12. The van der Waals surface area contributed by atoms with Crippen LogP contribution in [0.2, 0.25) is 0 Å². The SMILES string of the molecule is N#CC(c1ccc2nc[nH]c2c1)c1ncc[nH]1. The molecule has 0 aliphatic heterocycles. The van der Waals surface area contributed by atoms with Gasteiger partial charge < -0.3 is 9.97 Å². The maximum Gasteiger partial charge on any atom is 0.129 e. The zero-order valence-electron chi connectivity index (χ0n) is 8.88. The van der Waals surface area contributed by atoms with Crippen molar-refractivity contribution in [3.63, 3.8) is 0 Å². The number of benzene rings is 1. The minimum atomic E-state index is -0.377. The van der Waals surface area contributed by atoms with Crippen molar-refractivity contribution in [2.75, 3.05) is 0 Å². The van der Waals surface area contributed by atoms with E-state index in [1.165, 1.54) is 0 Å². The van der Waals surface area contributed by atoms with E-state index in [0.717, 1.165) is 16.6 Å². The van der Waals surface area contributed by atoms with E-state index >= 15 is 0 Å². The summed E-state index contributed by atoms with van der Waals surface area (Å²) in [7, 11) is 0. The lowest BCUT2D eigenvalue weighted by molar-refractivity contribution is 0.928. The second kappa shape index (κ2) is 3.76. The molecule has 0 radical (unpaired) electrons. The summed E-state index contributed by atoms with van der Waals surface area (Å²) in [5.41, 5.74) is 2.72. The van der Waals surface area contributed by atoms with Crippen LogP contribution in [0.25, 0.3) is 11.0 Å². The lowest BCUT2D eigenvalue weighted by Crippen LogP contribution is -2.00. The number of nitrogens with one attached hydrogen (secondary N) is 2. The van der Waals surface area contributed by atoms with Crippen LogP contribution in [0.3, 0.4) is 0 Å². The Balaban J connectivity index is 2.10. The fraction of sp³-hybridized carbons (Fsp3) is 0.0833. The van der Waals surface area contributed by atoms with Gasteiger partial charge in [-0.3, -0.25) is 0 Å². The molecule has 0 aliphatic rings. The Bertz CT molecular complexity index is 674. The summed E-state index contributed by atoms with van der Waals surface area (Å²) < 4.78 is 0. The minimum Gasteiger partial charge on any atom is -0.347 e. The molecule has 1 atom stereocenters. The molecule has 0 saturated heterocycles. The highest BCUT2D eigenvalue weighted by Crippen LogP contribution is 2.23. The average Bonchev–Trinajstić information content (AvgIpc) is 2.99. The third kappa shape index (κ3) is 1.56. The van der Waals surface area contributed by atoms with E-state index in [1.54, 1.807) is 18.7 Å². The molecule has 5 heteroatoms. The molecule has 3 rings (SSSR count). The average molecular weight is 223 g/mol. The first kappa shape index (κ1) is 9.60. The van der Waals surface area contributed by atoms with Crippen molar-refractivity contribution in [1.82, 2.24) is 19.9 Å². The van der Waals surface area contributed by atoms with Crippen molar-refractivity contribution >= 4 is 11.0 Å². The van der Waals surface area contributed by atoms with Gasteiger partial charge in [0.25, 0.3) is 0 Å². The van der Waals surface area contributed by atoms with Crippen molar-refractivity contribution < 1.29 is 0 Å². The van der Waals surface area contributed by atoms with E-state index in [0.29, 0.717) is 5.82 Å². The van der Waals surface area contributed by atoms with Crippen LogP contribution in [0.4, 0.5) is 0 Å². The van der Waals surface area contributed by atoms with E-state index in [-0.39, 0.29) is 5.92 Å². The van der Waals surface area contributed by atoms with Gasteiger partial charge in [-0.15, -0.1) is 0 Å². The van der Waals surface area contributed by atoms with Crippen molar-refractivity contribution in [3.8, 4) is 6.07 Å². The number of aromatic nitrogens is 4. The summed E-state index contributed by atoms with van der Waals surface area (Å²) >= 11 is 0. The van der Waals surface area contributed by atoms with E-state index in [1.807, 2.05) is 18.2 Å². The fourth-order valence-corrected chi connectivity index (χ4v) is 1.86. The molecule has 2 aromatic heterocycles. The van der Waals surface area contributed by atoms with Crippen LogP contribution in [0, 0.1) is 11.3 Å². The van der Waals surface area contributed by atoms with Gasteiger partial charge in [-0.25, -0.2) is 9.97 Å². The van der Waals surface area contributed by atoms with Gasteiger partial charge in [0, 0.05) is 12.4 Å². The lowest BCUT2D eigenvalue weighted by atomic mass is 9.99. The van der Waals surface area contributed by atoms with Crippen LogP contribution in [0.15, 0.2) is 36.9 Å². The van der Waals surface area contributed by atoms with Gasteiger partial charge in [0.2, 0.25) is 0 Å². The maximum absolute atomic E-state index is 9.24. The molecule has 5 nitrogen and oxygen atoms in total. The van der Waals surface area contributed by atoms with Crippen LogP contribution in [0.1, 0.15) is 17.3 Å². The second-order valence-electron chi connectivity index (χ2n) is 3.72. The minimum absolute atomic E-state index is 0.377. The molecule has 0 aliphatic carbocycles. The third-order valence-electron chi connectivity index (χ3n) is 2.70. The van der Waals surface area contributed by atoms with E-state index in [9.17, 15) is 5.26 Å². The molecule has 0 fully saturated rings. The predicted molar refractivity (Wildman–Crippen MR) is 62.1 cm³/mol. The standard InChI is InChI=1S/C12H9N5/c13-6-9(12-14-3-4-15-12)8-1-2-10-11(5-8)17-7-16-10/h1-5,7,9H,(H,14,15)(H,16,17). The number of nitrogens with zero attached hydrogens (tertiary/aromatic N) is 3. The Morgan fingerprint density at radius 2 is 2.18 bits per heavy atom. The molecule has 82 valence electrons. The van der Waals surface area contributed by atoms with Gasteiger partial charge in [-0.1, -0.05) is 6.07 Å². The molecule has 0 bridgehead atoms. The first-order valence-corrected chi connectivity index (χ1v) is 5.20. The molecule has 3 aromatic rings. The number of aromatic amines is 2. The van der Waals surface area contributed by atoms with Crippen molar-refractivity contribution in [3.05, 3.63) is 48.3 Å². The number of hydrogen-bond acceptors (Lipinski definition) is 3. The summed E-state index contributed by atoms with van der Waals surface area (Å²) in [4.78, 5) is 14.3. The molecule has 2 heterocycles. The van der Waals surface area contributed by atoms with Crippen molar-refractivity contribution in [2.24, 2.45) is 0 Å². The number of fused-ring (bicyclic) bond motifs is 1. The summed E-state index contributed by atoms with van der Waals surface area (Å²) in [5, 5.41) is 9.24. The number of H-pyrrole nitrogens is 2. The lowest BCUT2D eigenvalue weighted by Gasteiger charge is -2.06. The summed E-state index contributed by atoms with van der Waals surface area (Å²) in [6.45, 7) is 0. The molecule has 1 aromatic carbocycles. The quantitative estimate of drug-likeness (QED) is 0.696. The Morgan fingerprint density at radius 3 is 2.94 bits per heavy atom. The summed E-state index contributed by atoms with van der Waals surface area (Å²) in [6, 6.07) is 7.98. The summed E-state index contributed by atoms with van der Waals surface area (Å²) in [6.07, 6.45) is 5.01. The van der Waals surface area contributed by atoms with Gasteiger partial charge in [-0.05, 0) is 17.7 Å². The number of hydrogen-bond donors (Lipinski definition) is 2. The van der Waals surface area contributed by atoms with Gasteiger partial charge in [0.1, 0.15) is 11.7 Å². The third-order valence-corrected chi connectivity index (χ3v) is 2.70. The molecule has 0 saturated carbocycles. The molecular formula is C12H9N5. The topological polar surface area (TPSA) is 81.2 Å². The van der Waals surface area contributed by atoms with E-state index in [4.69, 9.17) is 0 Å². The highest BCUT2D eigenvalue weighted by Gasteiger charge is 2.16.